The fraction of sp³-hybridized carbons (Fsp3) is 0.576. The number of nitrogens with one attached hydrogen (secondary N) is 2. The summed E-state index contributed by atoms with van der Waals surface area (Å²) in [5, 5.41) is 16.3. The van der Waals surface area contributed by atoms with E-state index in [0.717, 1.165) is 44.6 Å². The van der Waals surface area contributed by atoms with E-state index >= 15 is 8.78 Å². The molecule has 1 aliphatic heterocycles. The van der Waals surface area contributed by atoms with Crippen LogP contribution in [-0.4, -0.2) is 46.9 Å². The van der Waals surface area contributed by atoms with Gasteiger partial charge < -0.3 is 20.5 Å². The first-order chi connectivity index (χ1) is 22.0. The van der Waals surface area contributed by atoms with Crippen molar-refractivity contribution in [3.05, 3.63) is 53.3 Å². The molecule has 0 unspecified atom stereocenters. The molecule has 1 saturated heterocycles. The Balaban J connectivity index is 1.32. The Morgan fingerprint density at radius 2 is 1.93 bits per heavy atom. The zero-order valence-corrected chi connectivity index (χ0v) is 22.9. The summed E-state index contributed by atoms with van der Waals surface area (Å²) in [7, 11) is 0. The largest absolute Gasteiger partial charge is 0.490 e. The quantitative estimate of drug-likeness (QED) is 0.353. The van der Waals surface area contributed by atoms with Crippen LogP contribution >= 0.6 is 0 Å². The Labute approximate surface area is 248 Å². The van der Waals surface area contributed by atoms with Gasteiger partial charge in [-0.2, -0.15) is 0 Å². The van der Waals surface area contributed by atoms with Gasteiger partial charge in [0.15, 0.2) is 0 Å². The minimum absolute atomic E-state index is 0.0253. The Morgan fingerprint density at radius 3 is 2.56 bits per heavy atom. The highest BCUT2D eigenvalue weighted by Gasteiger charge is 2.55. The number of hydrogen-bond donors (Lipinski definition) is 3. The number of carbonyl (C=O) groups excluding carboxylic acids is 1. The lowest BCUT2D eigenvalue weighted by atomic mass is 9.74. The van der Waals surface area contributed by atoms with Gasteiger partial charge in [-0.3, -0.25) is 9.59 Å². The molecule has 0 radical (unpaired) electrons. The molecule has 1 spiro atoms. The number of carboxylic acid groups (broad SMARTS) is 1. The van der Waals surface area contributed by atoms with Crippen molar-refractivity contribution in [3.8, 4) is 16.9 Å². The summed E-state index contributed by atoms with van der Waals surface area (Å²) in [6.45, 7) is -6.97. The Hall–Kier alpha value is -3.00. The van der Waals surface area contributed by atoms with Crippen LogP contribution in [0.4, 0.5) is 8.78 Å². The average molecular weight is 573 g/mol. The van der Waals surface area contributed by atoms with E-state index in [1.54, 1.807) is 6.07 Å². The summed E-state index contributed by atoms with van der Waals surface area (Å²) in [6, 6.07) is 7.77. The zero-order valence-electron chi connectivity index (χ0n) is 28.9. The fourth-order valence-corrected chi connectivity index (χ4v) is 6.86. The summed E-state index contributed by atoms with van der Waals surface area (Å²) in [6.07, 6.45) is 6.12. The van der Waals surface area contributed by atoms with Gasteiger partial charge in [-0.25, -0.2) is 8.78 Å². The van der Waals surface area contributed by atoms with E-state index in [1.807, 2.05) is 0 Å². The second-order valence-corrected chi connectivity index (χ2v) is 12.4. The lowest BCUT2D eigenvalue weighted by Gasteiger charge is -2.38. The Morgan fingerprint density at radius 1 is 1.12 bits per heavy atom. The van der Waals surface area contributed by atoms with Crippen LogP contribution in [0.15, 0.2) is 36.4 Å². The predicted octanol–water partition coefficient (Wildman–Crippen LogP) is 6.16. The number of halogens is 2. The molecule has 2 aromatic carbocycles. The molecule has 3 aliphatic carbocycles. The van der Waals surface area contributed by atoms with Crippen molar-refractivity contribution in [2.24, 2.45) is 0 Å². The highest BCUT2D eigenvalue weighted by atomic mass is 19.1. The molecule has 0 aromatic heterocycles. The molecule has 8 heteroatoms. The molecule has 220 valence electrons. The molecule has 41 heavy (non-hydrogen) atoms. The second kappa shape index (κ2) is 10.4. The maximum absolute atomic E-state index is 15.6. The number of rotatable bonds is 8. The van der Waals surface area contributed by atoms with Crippen molar-refractivity contribution in [1.82, 2.24) is 10.6 Å². The van der Waals surface area contributed by atoms with Gasteiger partial charge in [-0.1, -0.05) is 24.6 Å². The van der Waals surface area contributed by atoms with Gasteiger partial charge in [0.05, 0.1) is 5.41 Å². The van der Waals surface area contributed by atoms with Crippen LogP contribution in [0.3, 0.4) is 0 Å². The highest BCUT2D eigenvalue weighted by molar-refractivity contribution is 5.86. The predicted molar refractivity (Wildman–Crippen MR) is 152 cm³/mol. The van der Waals surface area contributed by atoms with E-state index in [-0.39, 0.29) is 41.8 Å². The Bertz CT molecular complexity index is 1540. The number of carboxylic acids is 1. The number of alkyl halides is 1. The van der Waals surface area contributed by atoms with Gasteiger partial charge in [0.2, 0.25) is 5.67 Å². The third-order valence-electron chi connectivity index (χ3n) is 9.68. The van der Waals surface area contributed by atoms with E-state index < -0.39 is 54.1 Å². The molecule has 3 N–H and O–H groups in total. The first kappa shape index (κ1) is 21.7. The van der Waals surface area contributed by atoms with Crippen molar-refractivity contribution < 1.29 is 36.4 Å². The van der Waals surface area contributed by atoms with Gasteiger partial charge in [-0.05, 0) is 99.5 Å². The second-order valence-electron chi connectivity index (χ2n) is 12.4. The molecule has 1 heterocycles. The minimum atomic E-state index is -3.47. The average Bonchev–Trinajstić information content (AvgIpc) is 3.53. The standard InChI is InChI=1S/C33H40F2N2O4/c1-31(2,30(39)40)21-10-13-27(25(16-21)24-8-4-9-26(34)28(24)20-6-3-7-20)41-23-12-11-22(17-23)37-29(38)33(35)18-32(36-19-33)14-5-15-32/h4,8-10,13,16,20,22-23,36H,3,5-7,11-12,14-15,17-19H2,1-2H3,(H,37,38)(H,39,40)/t22-,23-,33+/m1/s1/i1D3,2D3. The number of aliphatic carboxylic acids is 1. The van der Waals surface area contributed by atoms with Gasteiger partial charge in [-0.15, -0.1) is 0 Å². The van der Waals surface area contributed by atoms with Crippen molar-refractivity contribution in [1.29, 1.82) is 0 Å². The summed E-state index contributed by atoms with van der Waals surface area (Å²) in [4.78, 5) is 25.7. The number of carbonyl (C=O) groups is 2. The van der Waals surface area contributed by atoms with Crippen LogP contribution in [0.25, 0.3) is 11.1 Å². The van der Waals surface area contributed by atoms with Crippen molar-refractivity contribution in [2.75, 3.05) is 6.54 Å². The van der Waals surface area contributed by atoms with Gasteiger partial charge in [0, 0.05) is 44.8 Å². The summed E-state index contributed by atoms with van der Waals surface area (Å²) in [5.41, 5.74) is -5.10. The molecule has 6 rings (SSSR count). The smallest absolute Gasteiger partial charge is 0.313 e. The van der Waals surface area contributed by atoms with E-state index in [2.05, 4.69) is 10.6 Å². The third kappa shape index (κ3) is 5.13. The van der Waals surface area contributed by atoms with Crippen molar-refractivity contribution >= 4 is 11.9 Å². The first-order valence-electron chi connectivity index (χ1n) is 17.6. The summed E-state index contributed by atoms with van der Waals surface area (Å²) in [5.74, 6) is -3.08. The highest BCUT2D eigenvalue weighted by Crippen LogP contribution is 2.47. The summed E-state index contributed by atoms with van der Waals surface area (Å²) >= 11 is 0. The number of ether oxygens (including phenoxy) is 1. The van der Waals surface area contributed by atoms with E-state index in [9.17, 15) is 14.7 Å². The molecular formula is C33H40F2N2O4. The zero-order chi connectivity index (χ0) is 34.0. The maximum Gasteiger partial charge on any atom is 0.313 e. The van der Waals surface area contributed by atoms with Crippen LogP contribution in [-0.2, 0) is 15.0 Å². The van der Waals surface area contributed by atoms with Crippen molar-refractivity contribution in [2.45, 2.75) is 113 Å². The van der Waals surface area contributed by atoms with Gasteiger partial charge >= 0.3 is 5.97 Å². The topological polar surface area (TPSA) is 87.7 Å². The van der Waals surface area contributed by atoms with Crippen LogP contribution in [0.2, 0.25) is 0 Å². The molecular weight excluding hydrogens is 526 g/mol. The third-order valence-corrected chi connectivity index (χ3v) is 9.68. The molecule has 0 bridgehead atoms. The van der Waals surface area contributed by atoms with Crippen LogP contribution in [0, 0.1) is 5.82 Å². The van der Waals surface area contributed by atoms with E-state index in [0.29, 0.717) is 30.4 Å². The Kier molecular flexibility index (Phi) is 5.48. The maximum atomic E-state index is 15.6. The fourth-order valence-electron chi connectivity index (χ4n) is 6.86. The van der Waals surface area contributed by atoms with E-state index in [1.165, 1.54) is 24.3 Å². The van der Waals surface area contributed by atoms with E-state index in [4.69, 9.17) is 13.0 Å². The van der Waals surface area contributed by atoms with Gasteiger partial charge in [0.25, 0.3) is 5.91 Å². The minimum Gasteiger partial charge on any atom is -0.490 e. The van der Waals surface area contributed by atoms with Gasteiger partial charge in [0.1, 0.15) is 17.7 Å². The SMILES string of the molecule is [2H]C([2H])([2H])C(C(=O)O)(c1ccc(O[C@@H]2CC[C@@H](NC(=O)[C@@]3(F)CNC4(CCC4)C3)C2)c(-c2cccc(F)c2C2CCC2)c1)C([2H])([2H])[2H]. The number of benzene rings is 2. The molecule has 3 atom stereocenters. The number of amides is 1. The lowest BCUT2D eigenvalue weighted by Crippen LogP contribution is -2.49. The van der Waals surface area contributed by atoms with Crippen LogP contribution < -0.4 is 15.4 Å². The molecule has 4 aliphatic rings. The lowest BCUT2D eigenvalue weighted by molar-refractivity contribution is -0.142. The number of hydrogen-bond acceptors (Lipinski definition) is 4. The van der Waals surface area contributed by atoms with Crippen LogP contribution in [0.5, 0.6) is 5.75 Å². The first-order valence-corrected chi connectivity index (χ1v) is 14.6. The molecule has 4 fully saturated rings. The molecule has 3 saturated carbocycles. The normalized spacial score (nSPS) is 30.1. The monoisotopic (exact) mass is 572 g/mol. The van der Waals surface area contributed by atoms with Crippen LogP contribution in [0.1, 0.15) is 103 Å². The summed E-state index contributed by atoms with van der Waals surface area (Å²) < 4.78 is 85.9. The molecule has 1 amide bonds. The molecule has 6 nitrogen and oxygen atoms in total. The molecule has 2 aromatic rings. The van der Waals surface area contributed by atoms with Crippen molar-refractivity contribution in [3.63, 3.8) is 0 Å².